The van der Waals surface area contributed by atoms with Gasteiger partial charge >= 0.3 is 0 Å². The lowest BCUT2D eigenvalue weighted by molar-refractivity contribution is 0.100. The molecule has 2 heterocycles. The van der Waals surface area contributed by atoms with E-state index < -0.39 is 21.5 Å². The Kier molecular flexibility index (Phi) is 5.63. The molecule has 3 aromatic rings. The number of nitrogens with zero attached hydrogens (tertiary/aromatic N) is 3. The molecule has 0 saturated heterocycles. The van der Waals surface area contributed by atoms with Gasteiger partial charge in [0.05, 0.1) is 23.7 Å². The Morgan fingerprint density at radius 3 is 2.53 bits per heavy atom. The first-order chi connectivity index (χ1) is 14.7. The molecule has 0 saturated carbocycles. The number of hydrogen-bond acceptors (Lipinski definition) is 7. The highest BCUT2D eigenvalue weighted by Crippen LogP contribution is 2.34. The maximum absolute atomic E-state index is 12.1. The molecule has 11 heteroatoms. The number of phenols is 1. The molecule has 1 amide bonds. The summed E-state index contributed by atoms with van der Waals surface area (Å²) in [6.45, 7) is 6.76. The molecule has 0 unspecified atom stereocenters. The van der Waals surface area contributed by atoms with Crippen LogP contribution in [0.2, 0.25) is 0 Å². The van der Waals surface area contributed by atoms with Gasteiger partial charge in [-0.2, -0.15) is 4.72 Å². The summed E-state index contributed by atoms with van der Waals surface area (Å²) in [4.78, 5) is 20.9. The van der Waals surface area contributed by atoms with Crippen molar-refractivity contribution in [1.82, 2.24) is 19.3 Å². The number of nitrogens with two attached hydrogens (primary N) is 2. The first-order valence-electron chi connectivity index (χ1n) is 9.50. The van der Waals surface area contributed by atoms with Gasteiger partial charge in [0.15, 0.2) is 5.65 Å². The van der Waals surface area contributed by atoms with Crippen molar-refractivity contribution < 1.29 is 18.3 Å². The number of carbonyl (C=O) groups is 1. The number of primary amides is 1. The number of rotatable bonds is 4. The summed E-state index contributed by atoms with van der Waals surface area (Å²) in [5.74, 6) is 4.94. The number of aryl methyl sites for hydroxylation is 1. The average Bonchev–Trinajstić information content (AvgIpc) is 2.93. The lowest BCUT2D eigenvalue weighted by Gasteiger charge is -2.17. The van der Waals surface area contributed by atoms with Crippen LogP contribution in [-0.4, -0.2) is 45.8 Å². The minimum atomic E-state index is -3.47. The molecule has 0 bridgehead atoms. The minimum Gasteiger partial charge on any atom is -0.508 e. The molecule has 32 heavy (non-hydrogen) atoms. The second kappa shape index (κ2) is 7.81. The van der Waals surface area contributed by atoms with Crippen LogP contribution in [0.3, 0.4) is 0 Å². The van der Waals surface area contributed by atoms with Crippen LogP contribution >= 0.6 is 0 Å². The number of carbonyl (C=O) groups excluding carboxylic acids is 1. The van der Waals surface area contributed by atoms with Gasteiger partial charge in [0.2, 0.25) is 10.0 Å². The molecule has 0 aliphatic rings. The molecule has 1 aromatic carbocycles. The summed E-state index contributed by atoms with van der Waals surface area (Å²) >= 11 is 0. The number of phenolic OH excluding ortho intramolecular Hbond substituents is 1. The molecule has 0 aliphatic carbocycles. The smallest absolute Gasteiger partial charge is 0.254 e. The van der Waals surface area contributed by atoms with E-state index in [1.54, 1.807) is 32.9 Å². The molecule has 0 fully saturated rings. The number of amides is 1. The van der Waals surface area contributed by atoms with Gasteiger partial charge in [0.1, 0.15) is 28.3 Å². The number of sulfonamides is 1. The fourth-order valence-electron chi connectivity index (χ4n) is 3.47. The Morgan fingerprint density at radius 1 is 1.28 bits per heavy atom. The van der Waals surface area contributed by atoms with Gasteiger partial charge in [-0.15, -0.1) is 0 Å². The van der Waals surface area contributed by atoms with Crippen LogP contribution in [-0.2, 0) is 10.0 Å². The van der Waals surface area contributed by atoms with Crippen LogP contribution in [0.5, 0.6) is 5.75 Å². The number of hydrogen-bond donors (Lipinski definition) is 4. The molecule has 6 N–H and O–H groups in total. The van der Waals surface area contributed by atoms with Crippen molar-refractivity contribution in [3.63, 3.8) is 0 Å². The molecule has 0 aliphatic heterocycles. The van der Waals surface area contributed by atoms with Crippen molar-refractivity contribution in [2.45, 2.75) is 33.2 Å². The van der Waals surface area contributed by atoms with Gasteiger partial charge in [-0.25, -0.2) is 18.4 Å². The van der Waals surface area contributed by atoms with Gasteiger partial charge < -0.3 is 16.6 Å². The first-order valence-corrected chi connectivity index (χ1v) is 11.4. The average molecular weight is 457 g/mol. The molecular weight excluding hydrogens is 432 g/mol. The molecule has 2 aromatic heterocycles. The topological polar surface area (TPSA) is 166 Å². The Morgan fingerprint density at radius 2 is 1.94 bits per heavy atom. The standard InChI is InChI=1S/C21H24N6O4S/c1-11-6-7-14(28)12(2)17(11)27-18(22)15(19(23)29)16-20(27)25-13(10-24-16)8-9-21(3,4)26-32(5,30)31/h6-7,10,26,28H,22H2,1-5H3,(H2,23,29). The third kappa shape index (κ3) is 4.37. The van der Waals surface area contributed by atoms with E-state index in [-0.39, 0.29) is 34.0 Å². The van der Waals surface area contributed by atoms with E-state index >= 15 is 0 Å². The maximum Gasteiger partial charge on any atom is 0.254 e. The Hall–Kier alpha value is -3.62. The molecule has 10 nitrogen and oxygen atoms in total. The normalized spacial score (nSPS) is 11.9. The fourth-order valence-corrected chi connectivity index (χ4v) is 4.44. The highest BCUT2D eigenvalue weighted by molar-refractivity contribution is 7.88. The van der Waals surface area contributed by atoms with Gasteiger partial charge in [-0.3, -0.25) is 9.36 Å². The van der Waals surface area contributed by atoms with Crippen LogP contribution in [0.25, 0.3) is 16.9 Å². The van der Waals surface area contributed by atoms with Crippen LogP contribution in [0.15, 0.2) is 18.3 Å². The van der Waals surface area contributed by atoms with Crippen LogP contribution < -0.4 is 16.2 Å². The van der Waals surface area contributed by atoms with E-state index in [0.717, 1.165) is 11.8 Å². The van der Waals surface area contributed by atoms with E-state index in [2.05, 4.69) is 26.5 Å². The quantitative estimate of drug-likeness (QED) is 0.427. The number of aromatic hydroxyl groups is 1. The third-order valence-electron chi connectivity index (χ3n) is 4.72. The van der Waals surface area contributed by atoms with E-state index in [9.17, 15) is 18.3 Å². The van der Waals surface area contributed by atoms with Crippen molar-refractivity contribution >= 4 is 32.9 Å². The number of benzene rings is 1. The number of nitrogen functional groups attached to an aromatic ring is 1. The predicted octanol–water partition coefficient (Wildman–Crippen LogP) is 1.10. The molecule has 168 valence electrons. The summed E-state index contributed by atoms with van der Waals surface area (Å²) in [6.07, 6.45) is 2.40. The highest BCUT2D eigenvalue weighted by atomic mass is 32.2. The number of anilines is 1. The zero-order chi connectivity index (χ0) is 24.0. The molecular formula is C21H24N6O4S. The van der Waals surface area contributed by atoms with E-state index in [1.165, 1.54) is 10.8 Å². The SMILES string of the molecule is Cc1ccc(O)c(C)c1-n1c(N)c(C(N)=O)c2ncc(C#CC(C)(C)NS(C)(=O)=O)nc21. The molecule has 0 radical (unpaired) electrons. The number of fused-ring (bicyclic) bond motifs is 1. The Balaban J connectivity index is 2.29. The fraction of sp³-hybridized carbons (Fsp3) is 0.286. The third-order valence-corrected chi connectivity index (χ3v) is 5.60. The van der Waals surface area contributed by atoms with E-state index in [0.29, 0.717) is 11.3 Å². The summed E-state index contributed by atoms with van der Waals surface area (Å²) in [5, 5.41) is 10.2. The van der Waals surface area contributed by atoms with Crippen molar-refractivity contribution in [2.75, 3.05) is 12.0 Å². The second-order valence-corrected chi connectivity index (χ2v) is 9.76. The van der Waals surface area contributed by atoms with Gasteiger partial charge in [-0.05, 0) is 45.2 Å². The van der Waals surface area contributed by atoms with Crippen molar-refractivity contribution in [3.05, 3.63) is 40.7 Å². The second-order valence-electron chi connectivity index (χ2n) is 8.01. The van der Waals surface area contributed by atoms with E-state index in [4.69, 9.17) is 11.5 Å². The number of nitrogens with one attached hydrogen (secondary N) is 1. The van der Waals surface area contributed by atoms with Crippen molar-refractivity contribution in [3.8, 4) is 23.3 Å². The Bertz CT molecular complexity index is 1430. The largest absolute Gasteiger partial charge is 0.508 e. The van der Waals surface area contributed by atoms with Gasteiger partial charge in [0, 0.05) is 5.56 Å². The van der Waals surface area contributed by atoms with Crippen molar-refractivity contribution in [1.29, 1.82) is 0 Å². The number of aromatic nitrogens is 3. The monoisotopic (exact) mass is 456 g/mol. The molecule has 0 spiro atoms. The van der Waals surface area contributed by atoms with E-state index in [1.807, 2.05) is 6.92 Å². The molecule has 3 rings (SSSR count). The lowest BCUT2D eigenvalue weighted by atomic mass is 10.1. The predicted molar refractivity (Wildman–Crippen MR) is 122 cm³/mol. The van der Waals surface area contributed by atoms with Gasteiger partial charge in [0.25, 0.3) is 5.91 Å². The summed E-state index contributed by atoms with van der Waals surface area (Å²) in [6, 6.07) is 3.27. The zero-order valence-electron chi connectivity index (χ0n) is 18.3. The first kappa shape index (κ1) is 23.1. The summed E-state index contributed by atoms with van der Waals surface area (Å²) in [7, 11) is -3.47. The van der Waals surface area contributed by atoms with Gasteiger partial charge in [-0.1, -0.05) is 12.0 Å². The van der Waals surface area contributed by atoms with Crippen LogP contribution in [0.4, 0.5) is 5.82 Å². The van der Waals surface area contributed by atoms with Crippen molar-refractivity contribution in [2.24, 2.45) is 5.73 Å². The van der Waals surface area contributed by atoms with Crippen LogP contribution in [0.1, 0.15) is 41.0 Å². The summed E-state index contributed by atoms with van der Waals surface area (Å²) in [5.41, 5.74) is 13.3. The highest BCUT2D eigenvalue weighted by Gasteiger charge is 2.25. The maximum atomic E-state index is 12.1. The van der Waals surface area contributed by atoms with Crippen LogP contribution in [0, 0.1) is 25.7 Å². The lowest BCUT2D eigenvalue weighted by Crippen LogP contribution is -2.41. The molecule has 0 atom stereocenters. The summed E-state index contributed by atoms with van der Waals surface area (Å²) < 4.78 is 27.0. The minimum absolute atomic E-state index is 0.00762. The Labute approximate surface area is 185 Å². The zero-order valence-corrected chi connectivity index (χ0v) is 19.1.